The minimum Gasteiger partial charge on any atom is -0.462 e. The van der Waals surface area contributed by atoms with E-state index in [9.17, 15) is 43.2 Å². The molecule has 0 radical (unpaired) electrons. The Morgan fingerprint density at radius 3 is 0.772 bits per heavy atom. The van der Waals surface area contributed by atoms with E-state index in [2.05, 4.69) is 41.5 Å². The Labute approximate surface area is 562 Å². The average molecular weight is 1350 g/mol. The molecule has 0 rings (SSSR count). The van der Waals surface area contributed by atoms with Crippen molar-refractivity contribution >= 4 is 39.5 Å². The zero-order valence-electron chi connectivity index (χ0n) is 59.9. The highest BCUT2D eigenvalue weighted by Crippen LogP contribution is 2.45. The molecule has 0 saturated heterocycles. The van der Waals surface area contributed by atoms with Gasteiger partial charge in [0.15, 0.2) is 12.2 Å². The summed E-state index contributed by atoms with van der Waals surface area (Å²) in [6.07, 6.45) is 51.8. The summed E-state index contributed by atoms with van der Waals surface area (Å²) in [7, 11) is -9.90. The first-order valence-corrected chi connectivity index (χ1v) is 41.1. The molecule has 3 N–H and O–H groups in total. The lowest BCUT2D eigenvalue weighted by Crippen LogP contribution is -2.30. The zero-order chi connectivity index (χ0) is 67.9. The number of hydrogen-bond acceptors (Lipinski definition) is 15. The largest absolute Gasteiger partial charge is 0.472 e. The number of carbonyl (C=O) groups is 4. The van der Waals surface area contributed by atoms with E-state index in [1.165, 1.54) is 186 Å². The van der Waals surface area contributed by atoms with Crippen molar-refractivity contribution in [1.29, 1.82) is 0 Å². The maximum atomic E-state index is 13.1. The first-order chi connectivity index (χ1) is 44.4. The molecule has 0 heterocycles. The van der Waals surface area contributed by atoms with E-state index in [0.717, 1.165) is 108 Å². The maximum Gasteiger partial charge on any atom is 0.472 e. The smallest absolute Gasteiger partial charge is 0.462 e. The van der Waals surface area contributed by atoms with Gasteiger partial charge < -0.3 is 33.8 Å². The molecule has 0 aliphatic heterocycles. The zero-order valence-corrected chi connectivity index (χ0v) is 61.6. The minimum atomic E-state index is -4.95. The molecule has 0 fully saturated rings. The van der Waals surface area contributed by atoms with Crippen molar-refractivity contribution in [2.45, 2.75) is 394 Å². The highest BCUT2D eigenvalue weighted by Gasteiger charge is 2.30. The lowest BCUT2D eigenvalue weighted by molar-refractivity contribution is -0.161. The molecule has 4 unspecified atom stereocenters. The van der Waals surface area contributed by atoms with Crippen molar-refractivity contribution < 1.29 is 80.2 Å². The molecule has 92 heavy (non-hydrogen) atoms. The Morgan fingerprint density at radius 2 is 0.522 bits per heavy atom. The lowest BCUT2D eigenvalue weighted by atomic mass is 9.99. The molecule has 0 aromatic rings. The first kappa shape index (κ1) is 90.1. The molecule has 0 bridgehead atoms. The van der Waals surface area contributed by atoms with E-state index in [-0.39, 0.29) is 25.7 Å². The van der Waals surface area contributed by atoms with Crippen molar-refractivity contribution in [3.8, 4) is 0 Å². The quantitative estimate of drug-likeness (QED) is 0.0222. The number of phosphoric ester groups is 2. The van der Waals surface area contributed by atoms with Gasteiger partial charge in [-0.15, -0.1) is 0 Å². The van der Waals surface area contributed by atoms with E-state index < -0.39 is 97.5 Å². The van der Waals surface area contributed by atoms with Gasteiger partial charge >= 0.3 is 39.5 Å². The summed E-state index contributed by atoms with van der Waals surface area (Å²) in [6.45, 7) is 9.50. The van der Waals surface area contributed by atoms with Crippen molar-refractivity contribution in [3.05, 3.63) is 0 Å². The normalized spacial score (nSPS) is 14.7. The van der Waals surface area contributed by atoms with Gasteiger partial charge in [-0.25, -0.2) is 9.13 Å². The third-order valence-electron chi connectivity index (χ3n) is 17.7. The molecule has 0 saturated carbocycles. The maximum absolute atomic E-state index is 13.1. The van der Waals surface area contributed by atoms with E-state index >= 15 is 0 Å². The molecule has 0 aromatic carbocycles. The summed E-state index contributed by atoms with van der Waals surface area (Å²) in [5.41, 5.74) is 0. The second kappa shape index (κ2) is 65.0. The second-order valence-corrected chi connectivity index (χ2v) is 29.7. The Morgan fingerprint density at radius 1 is 0.304 bits per heavy atom. The van der Waals surface area contributed by atoms with E-state index in [4.69, 9.17) is 37.0 Å². The summed E-state index contributed by atoms with van der Waals surface area (Å²) in [5.74, 6) is -0.554. The number of aliphatic hydroxyl groups excluding tert-OH is 1. The van der Waals surface area contributed by atoms with Crippen LogP contribution in [0.25, 0.3) is 0 Å². The third kappa shape index (κ3) is 64.1. The van der Waals surface area contributed by atoms with E-state index in [1.54, 1.807) is 0 Å². The second-order valence-electron chi connectivity index (χ2n) is 26.8. The number of esters is 4. The van der Waals surface area contributed by atoms with Crippen LogP contribution in [0.4, 0.5) is 0 Å². The number of aliphatic hydroxyl groups is 1. The fraction of sp³-hybridized carbons (Fsp3) is 0.945. The van der Waals surface area contributed by atoms with Crippen molar-refractivity contribution in [2.75, 3.05) is 39.6 Å². The van der Waals surface area contributed by atoms with Crippen LogP contribution in [0.3, 0.4) is 0 Å². The number of rotatable bonds is 72. The summed E-state index contributed by atoms with van der Waals surface area (Å²) in [6, 6.07) is 0. The van der Waals surface area contributed by atoms with Crippen LogP contribution in [-0.4, -0.2) is 96.7 Å². The molecular formula is C73H142O17P2. The van der Waals surface area contributed by atoms with Gasteiger partial charge in [0.05, 0.1) is 26.4 Å². The summed E-state index contributed by atoms with van der Waals surface area (Å²) >= 11 is 0. The van der Waals surface area contributed by atoms with E-state index in [0.29, 0.717) is 25.7 Å². The topological polar surface area (TPSA) is 237 Å². The third-order valence-corrected chi connectivity index (χ3v) is 19.6. The molecule has 0 aliphatic rings. The van der Waals surface area contributed by atoms with Gasteiger partial charge in [-0.05, 0) is 37.5 Å². The molecular weight excluding hydrogens is 1210 g/mol. The van der Waals surface area contributed by atoms with Crippen molar-refractivity contribution in [2.24, 2.45) is 11.8 Å². The monoisotopic (exact) mass is 1350 g/mol. The molecule has 17 nitrogen and oxygen atoms in total. The van der Waals surface area contributed by atoms with Crippen LogP contribution < -0.4 is 0 Å². The van der Waals surface area contributed by atoms with Crippen LogP contribution in [-0.2, 0) is 65.4 Å². The molecule has 0 aliphatic carbocycles. The molecule has 0 aromatic heterocycles. The van der Waals surface area contributed by atoms with Gasteiger partial charge in [0, 0.05) is 25.7 Å². The molecule has 0 amide bonds. The Hall–Kier alpha value is -1.94. The summed E-state index contributed by atoms with van der Waals surface area (Å²) in [4.78, 5) is 72.4. The first-order valence-electron chi connectivity index (χ1n) is 38.1. The van der Waals surface area contributed by atoms with Gasteiger partial charge in [-0.2, -0.15) is 0 Å². The van der Waals surface area contributed by atoms with Gasteiger partial charge in [0.1, 0.15) is 19.3 Å². The van der Waals surface area contributed by atoms with Crippen molar-refractivity contribution in [3.63, 3.8) is 0 Å². The van der Waals surface area contributed by atoms with Gasteiger partial charge in [0.25, 0.3) is 0 Å². The number of hydrogen-bond donors (Lipinski definition) is 3. The van der Waals surface area contributed by atoms with Crippen LogP contribution in [0.1, 0.15) is 375 Å². The van der Waals surface area contributed by atoms with Crippen molar-refractivity contribution in [1.82, 2.24) is 0 Å². The van der Waals surface area contributed by atoms with Crippen LogP contribution in [0.5, 0.6) is 0 Å². The SMILES string of the molecule is CCCCCCCCCCCCCCCCCCCCCCCC(=O)O[C@H](COC(=O)CCCCCCCCCCCCC(C)CC)COP(=O)(O)OC[C@@H](O)COP(=O)(O)OC[C@@H](COC(=O)CCCCCCC)OC(=O)CCCCCCCCCCC(C)CC. The lowest BCUT2D eigenvalue weighted by Gasteiger charge is -2.21. The highest BCUT2D eigenvalue weighted by atomic mass is 31.2. The van der Waals surface area contributed by atoms with Crippen LogP contribution >= 0.6 is 15.6 Å². The molecule has 0 spiro atoms. The minimum absolute atomic E-state index is 0.104. The summed E-state index contributed by atoms with van der Waals surface area (Å²) < 4.78 is 68.2. The predicted molar refractivity (Wildman–Crippen MR) is 372 cm³/mol. The average Bonchev–Trinajstić information content (AvgIpc) is 1.76. The number of carbonyl (C=O) groups excluding carboxylic acids is 4. The van der Waals surface area contributed by atoms with E-state index in [1.807, 2.05) is 0 Å². The highest BCUT2D eigenvalue weighted by molar-refractivity contribution is 7.47. The number of phosphoric acid groups is 2. The standard InChI is InChI=1S/C73H142O17P2/c1-7-11-13-15-16-17-18-19-20-21-22-23-24-25-26-27-28-33-39-45-51-57-72(77)90-69(62-84-71(76)56-50-44-38-32-30-29-31-36-42-47-53-65(5)9-3)64-88-92(81,82)86-60-67(74)59-85-91(79,80)87-63-68(61-83-70(75)55-49-41-14-12-8-2)89-73(78)58-52-46-40-35-34-37-43-48-54-66(6)10-4/h65-69,74H,7-64H2,1-6H3,(H,79,80)(H,81,82)/t65?,66?,67-,68+,69+/m0/s1. The molecule has 546 valence electrons. The van der Waals surface area contributed by atoms with Gasteiger partial charge in [-0.1, -0.05) is 324 Å². The Bertz CT molecular complexity index is 1790. The predicted octanol–water partition coefficient (Wildman–Crippen LogP) is 21.2. The van der Waals surface area contributed by atoms with Gasteiger partial charge in [-0.3, -0.25) is 37.3 Å². The summed E-state index contributed by atoms with van der Waals surface area (Å²) in [5, 5.41) is 10.6. The van der Waals surface area contributed by atoms with Crippen LogP contribution in [0.2, 0.25) is 0 Å². The van der Waals surface area contributed by atoms with Crippen LogP contribution in [0, 0.1) is 11.8 Å². The number of unbranched alkanes of at least 4 members (excludes halogenated alkanes) is 40. The van der Waals surface area contributed by atoms with Gasteiger partial charge in [0.2, 0.25) is 0 Å². The fourth-order valence-corrected chi connectivity index (χ4v) is 12.6. The Kier molecular flexibility index (Phi) is 63.7. The number of ether oxygens (including phenoxy) is 4. The molecule has 7 atom stereocenters. The fourth-order valence-electron chi connectivity index (χ4n) is 11.1. The Balaban J connectivity index is 5.13. The molecule has 19 heteroatoms. The van der Waals surface area contributed by atoms with Crippen LogP contribution in [0.15, 0.2) is 0 Å².